The predicted molar refractivity (Wildman–Crippen MR) is 80.5 cm³/mol. The fourth-order valence-electron chi connectivity index (χ4n) is 2.58. The summed E-state index contributed by atoms with van der Waals surface area (Å²) in [5, 5.41) is 2.99. The van der Waals surface area contributed by atoms with Crippen molar-refractivity contribution in [1.82, 2.24) is 9.88 Å². The summed E-state index contributed by atoms with van der Waals surface area (Å²) in [4.78, 5) is 23.8. The molecule has 6 heteroatoms. The average molecular weight is 306 g/mol. The lowest BCUT2D eigenvalue weighted by atomic mass is 10.1. The van der Waals surface area contributed by atoms with Crippen LogP contribution >= 0.6 is 0 Å². The van der Waals surface area contributed by atoms with Crippen molar-refractivity contribution >= 4 is 5.91 Å². The minimum Gasteiger partial charge on any atom is -0.379 e. The number of hydrogen-bond acceptors (Lipinski definition) is 4. The number of nitrogens with zero attached hydrogens (tertiary/aromatic N) is 1. The maximum Gasteiger partial charge on any atom is 0.250 e. The molecule has 22 heavy (non-hydrogen) atoms. The van der Waals surface area contributed by atoms with E-state index in [0.29, 0.717) is 19.1 Å². The predicted octanol–water partition coefficient (Wildman–Crippen LogP) is 0.549. The average Bonchev–Trinajstić information content (AvgIpc) is 3.33. The standard InChI is InChI=1S/C16H22N2O4/c19-15(9-18-7-2-1-3-16(18)20)17-13-6-8-21-11-14(13)22-10-12-4-5-12/h1-3,7,12-14H,4-6,8-11H2,(H,17,19)/t13-,14-/m1/s1. The van der Waals surface area contributed by atoms with Crippen LogP contribution < -0.4 is 10.9 Å². The van der Waals surface area contributed by atoms with Gasteiger partial charge >= 0.3 is 0 Å². The minimum absolute atomic E-state index is 0.0341. The summed E-state index contributed by atoms with van der Waals surface area (Å²) in [5.74, 6) is 0.515. The molecule has 1 saturated heterocycles. The Hall–Kier alpha value is -1.66. The monoisotopic (exact) mass is 306 g/mol. The Morgan fingerprint density at radius 3 is 3.00 bits per heavy atom. The van der Waals surface area contributed by atoms with Gasteiger partial charge in [0, 0.05) is 25.5 Å². The van der Waals surface area contributed by atoms with Crippen molar-refractivity contribution < 1.29 is 14.3 Å². The number of ether oxygens (including phenoxy) is 2. The second kappa shape index (κ2) is 7.07. The van der Waals surface area contributed by atoms with Gasteiger partial charge in [0.25, 0.3) is 5.56 Å². The van der Waals surface area contributed by atoms with Crippen LogP contribution in [0.5, 0.6) is 0 Å². The van der Waals surface area contributed by atoms with E-state index >= 15 is 0 Å². The van der Waals surface area contributed by atoms with Crippen molar-refractivity contribution in [3.8, 4) is 0 Å². The van der Waals surface area contributed by atoms with Gasteiger partial charge in [-0.25, -0.2) is 0 Å². The minimum atomic E-state index is -0.175. The highest BCUT2D eigenvalue weighted by molar-refractivity contribution is 5.76. The Balaban J connectivity index is 1.53. The first-order valence-electron chi connectivity index (χ1n) is 7.86. The summed E-state index contributed by atoms with van der Waals surface area (Å²) in [7, 11) is 0. The molecular formula is C16H22N2O4. The fraction of sp³-hybridized carbons (Fsp3) is 0.625. The van der Waals surface area contributed by atoms with Crippen molar-refractivity contribution in [2.24, 2.45) is 5.92 Å². The molecule has 1 saturated carbocycles. The number of aromatic nitrogens is 1. The SMILES string of the molecule is O=C(Cn1ccccc1=O)N[C@@H]1CCOC[C@H]1OCC1CC1. The zero-order valence-electron chi connectivity index (χ0n) is 12.6. The van der Waals surface area contributed by atoms with E-state index in [1.54, 1.807) is 18.3 Å². The first kappa shape index (κ1) is 15.2. The Bertz CT molecular complexity index is 567. The molecule has 1 aromatic heterocycles. The maximum absolute atomic E-state index is 12.2. The molecule has 0 unspecified atom stereocenters. The molecule has 2 heterocycles. The molecule has 0 radical (unpaired) electrons. The zero-order chi connectivity index (χ0) is 15.4. The Kier molecular flexibility index (Phi) is 4.90. The van der Waals surface area contributed by atoms with E-state index in [9.17, 15) is 9.59 Å². The van der Waals surface area contributed by atoms with E-state index in [1.165, 1.54) is 23.5 Å². The van der Waals surface area contributed by atoms with Gasteiger partial charge in [0.15, 0.2) is 0 Å². The van der Waals surface area contributed by atoms with E-state index < -0.39 is 0 Å². The molecule has 1 aliphatic carbocycles. The second-order valence-corrected chi connectivity index (χ2v) is 6.02. The van der Waals surface area contributed by atoms with Gasteiger partial charge in [-0.3, -0.25) is 9.59 Å². The number of carbonyl (C=O) groups is 1. The summed E-state index contributed by atoms with van der Waals surface area (Å²) in [6, 6.07) is 4.81. The van der Waals surface area contributed by atoms with Gasteiger partial charge in [0.1, 0.15) is 12.6 Å². The van der Waals surface area contributed by atoms with Crippen molar-refractivity contribution in [1.29, 1.82) is 0 Å². The molecular weight excluding hydrogens is 284 g/mol. The van der Waals surface area contributed by atoms with Crippen LogP contribution in [-0.4, -0.2) is 42.4 Å². The molecule has 1 N–H and O–H groups in total. The third kappa shape index (κ3) is 4.18. The number of carbonyl (C=O) groups excluding carboxylic acids is 1. The Labute approximate surface area is 129 Å². The number of hydrogen-bond donors (Lipinski definition) is 1. The van der Waals surface area contributed by atoms with Crippen molar-refractivity contribution in [3.63, 3.8) is 0 Å². The quantitative estimate of drug-likeness (QED) is 0.833. The summed E-state index contributed by atoms with van der Waals surface area (Å²) in [6.07, 6.45) is 4.74. The van der Waals surface area contributed by atoms with Crippen molar-refractivity contribution in [2.45, 2.75) is 38.0 Å². The zero-order valence-corrected chi connectivity index (χ0v) is 12.6. The number of nitrogens with one attached hydrogen (secondary N) is 1. The second-order valence-electron chi connectivity index (χ2n) is 6.02. The van der Waals surface area contributed by atoms with E-state index in [4.69, 9.17) is 9.47 Å². The van der Waals surface area contributed by atoms with E-state index in [0.717, 1.165) is 13.0 Å². The van der Waals surface area contributed by atoms with Crippen LogP contribution in [0.15, 0.2) is 29.2 Å². The highest BCUT2D eigenvalue weighted by Crippen LogP contribution is 2.29. The lowest BCUT2D eigenvalue weighted by Crippen LogP contribution is -2.51. The molecule has 0 bridgehead atoms. The van der Waals surface area contributed by atoms with Crippen LogP contribution in [0.1, 0.15) is 19.3 Å². The molecule has 0 spiro atoms. The van der Waals surface area contributed by atoms with Crippen molar-refractivity contribution in [3.05, 3.63) is 34.7 Å². The summed E-state index contributed by atoms with van der Waals surface area (Å²) in [5.41, 5.74) is -0.175. The number of amides is 1. The summed E-state index contributed by atoms with van der Waals surface area (Å²) in [6.45, 7) is 1.92. The van der Waals surface area contributed by atoms with Crippen molar-refractivity contribution in [2.75, 3.05) is 19.8 Å². The number of pyridine rings is 1. The highest BCUT2D eigenvalue weighted by atomic mass is 16.5. The van der Waals surface area contributed by atoms with Gasteiger partial charge in [0.05, 0.1) is 12.6 Å². The Morgan fingerprint density at radius 1 is 1.36 bits per heavy atom. The fourth-order valence-corrected chi connectivity index (χ4v) is 2.58. The van der Waals surface area contributed by atoms with Crippen LogP contribution in [0.4, 0.5) is 0 Å². The molecule has 6 nitrogen and oxygen atoms in total. The maximum atomic E-state index is 12.2. The summed E-state index contributed by atoms with van der Waals surface area (Å²) < 4.78 is 12.7. The largest absolute Gasteiger partial charge is 0.379 e. The van der Waals surface area contributed by atoms with Gasteiger partial charge in [-0.1, -0.05) is 6.07 Å². The van der Waals surface area contributed by atoms with E-state index in [-0.39, 0.29) is 30.2 Å². The molecule has 120 valence electrons. The van der Waals surface area contributed by atoms with Gasteiger partial charge in [-0.15, -0.1) is 0 Å². The van der Waals surface area contributed by atoms with E-state index in [1.807, 2.05) is 0 Å². The third-order valence-corrected chi connectivity index (χ3v) is 4.11. The van der Waals surface area contributed by atoms with Gasteiger partial charge < -0.3 is 19.4 Å². The molecule has 2 aliphatic rings. The normalized spacial score (nSPS) is 24.9. The van der Waals surface area contributed by atoms with Crippen LogP contribution in [-0.2, 0) is 20.8 Å². The smallest absolute Gasteiger partial charge is 0.250 e. The van der Waals surface area contributed by atoms with Crippen LogP contribution in [0.3, 0.4) is 0 Å². The highest BCUT2D eigenvalue weighted by Gasteiger charge is 2.30. The topological polar surface area (TPSA) is 69.6 Å². The van der Waals surface area contributed by atoms with Gasteiger partial charge in [-0.05, 0) is 31.2 Å². The lowest BCUT2D eigenvalue weighted by Gasteiger charge is -2.32. The van der Waals surface area contributed by atoms with Crippen LogP contribution in [0.25, 0.3) is 0 Å². The molecule has 1 aliphatic heterocycles. The van der Waals surface area contributed by atoms with E-state index in [2.05, 4.69) is 5.32 Å². The summed E-state index contributed by atoms with van der Waals surface area (Å²) >= 11 is 0. The molecule has 1 amide bonds. The lowest BCUT2D eigenvalue weighted by molar-refractivity contribution is -0.126. The Morgan fingerprint density at radius 2 is 2.23 bits per heavy atom. The third-order valence-electron chi connectivity index (χ3n) is 4.11. The molecule has 2 atom stereocenters. The first-order valence-corrected chi connectivity index (χ1v) is 7.86. The number of rotatable bonds is 6. The van der Waals surface area contributed by atoms with Crippen LogP contribution in [0.2, 0.25) is 0 Å². The van der Waals surface area contributed by atoms with Crippen LogP contribution in [0, 0.1) is 5.92 Å². The molecule has 3 rings (SSSR count). The first-order chi connectivity index (χ1) is 10.7. The molecule has 0 aromatic carbocycles. The molecule has 1 aromatic rings. The van der Waals surface area contributed by atoms with Gasteiger partial charge in [-0.2, -0.15) is 0 Å². The van der Waals surface area contributed by atoms with Gasteiger partial charge in [0.2, 0.25) is 5.91 Å². The molecule has 2 fully saturated rings.